The first-order valence-electron chi connectivity index (χ1n) is 5.54. The van der Waals surface area contributed by atoms with E-state index in [-0.39, 0.29) is 5.60 Å². The van der Waals surface area contributed by atoms with Crippen LogP contribution in [0.25, 0.3) is 0 Å². The normalized spacial score (nSPS) is 34.8. The average Bonchev–Trinajstić information content (AvgIpc) is 2.08. The molecule has 0 aromatic rings. The summed E-state index contributed by atoms with van der Waals surface area (Å²) >= 11 is 0. The molecule has 13 heavy (non-hydrogen) atoms. The summed E-state index contributed by atoms with van der Waals surface area (Å²) in [6.07, 6.45) is 7.09. The van der Waals surface area contributed by atoms with Gasteiger partial charge in [-0.3, -0.25) is 0 Å². The maximum absolute atomic E-state index is 10.1. The van der Waals surface area contributed by atoms with Gasteiger partial charge in [-0.1, -0.05) is 12.8 Å². The maximum atomic E-state index is 10.1. The van der Waals surface area contributed by atoms with Crippen molar-refractivity contribution in [2.24, 2.45) is 5.92 Å². The van der Waals surface area contributed by atoms with Gasteiger partial charge in [-0.15, -0.1) is 0 Å². The van der Waals surface area contributed by atoms with Gasteiger partial charge in [-0.2, -0.15) is 0 Å². The highest BCUT2D eigenvalue weighted by molar-refractivity contribution is 4.85. The Hall–Kier alpha value is -0.0800. The van der Waals surface area contributed by atoms with Gasteiger partial charge in [0.25, 0.3) is 0 Å². The Kier molecular flexibility index (Phi) is 4.20. The van der Waals surface area contributed by atoms with E-state index in [2.05, 4.69) is 5.32 Å². The van der Waals surface area contributed by atoms with Crippen LogP contribution in [-0.2, 0) is 0 Å². The molecule has 0 saturated heterocycles. The Labute approximate surface area is 81.7 Å². The Balaban J connectivity index is 2.29. The zero-order chi connectivity index (χ0) is 9.73. The molecule has 0 spiro atoms. The Bertz CT molecular complexity index is 145. The molecule has 2 unspecified atom stereocenters. The predicted molar refractivity (Wildman–Crippen MR) is 55.7 cm³/mol. The molecule has 2 atom stereocenters. The van der Waals surface area contributed by atoms with Crippen LogP contribution in [0.5, 0.6) is 0 Å². The van der Waals surface area contributed by atoms with Gasteiger partial charge in [-0.05, 0) is 52.1 Å². The minimum absolute atomic E-state index is 0.383. The van der Waals surface area contributed by atoms with E-state index in [0.29, 0.717) is 5.92 Å². The van der Waals surface area contributed by atoms with Crippen LogP contribution in [0.3, 0.4) is 0 Å². The largest absolute Gasteiger partial charge is 0.390 e. The second-order valence-corrected chi connectivity index (χ2v) is 4.55. The van der Waals surface area contributed by atoms with E-state index in [1.807, 2.05) is 14.0 Å². The van der Waals surface area contributed by atoms with E-state index in [1.165, 1.54) is 32.1 Å². The average molecular weight is 185 g/mol. The minimum Gasteiger partial charge on any atom is -0.390 e. The van der Waals surface area contributed by atoms with Crippen LogP contribution < -0.4 is 5.32 Å². The zero-order valence-corrected chi connectivity index (χ0v) is 8.97. The Morgan fingerprint density at radius 2 is 2.23 bits per heavy atom. The molecule has 1 aliphatic rings. The third-order valence-corrected chi connectivity index (χ3v) is 3.34. The maximum Gasteiger partial charge on any atom is 0.0647 e. The van der Waals surface area contributed by atoms with Crippen molar-refractivity contribution in [3.8, 4) is 0 Å². The molecule has 1 aliphatic carbocycles. The Morgan fingerprint density at radius 1 is 1.46 bits per heavy atom. The van der Waals surface area contributed by atoms with Crippen molar-refractivity contribution >= 4 is 0 Å². The molecule has 0 aliphatic heterocycles. The van der Waals surface area contributed by atoms with Gasteiger partial charge in [0.1, 0.15) is 0 Å². The van der Waals surface area contributed by atoms with Crippen LogP contribution in [0.1, 0.15) is 45.4 Å². The predicted octanol–water partition coefficient (Wildman–Crippen LogP) is 1.93. The van der Waals surface area contributed by atoms with Crippen LogP contribution in [0, 0.1) is 5.92 Å². The molecular weight excluding hydrogens is 162 g/mol. The summed E-state index contributed by atoms with van der Waals surface area (Å²) in [4.78, 5) is 0. The second-order valence-electron chi connectivity index (χ2n) is 4.55. The molecule has 1 saturated carbocycles. The fourth-order valence-electron chi connectivity index (χ4n) is 2.37. The van der Waals surface area contributed by atoms with Gasteiger partial charge < -0.3 is 10.4 Å². The summed E-state index contributed by atoms with van der Waals surface area (Å²) < 4.78 is 0. The molecule has 78 valence electrons. The standard InChI is InChI=1S/C11H23NO/c1-11(13)8-4-3-6-10(11)7-5-9-12-2/h10,12-13H,3-9H2,1-2H3. The first-order valence-corrected chi connectivity index (χ1v) is 5.54. The van der Waals surface area contributed by atoms with Gasteiger partial charge in [0.2, 0.25) is 0 Å². The van der Waals surface area contributed by atoms with E-state index in [1.54, 1.807) is 0 Å². The highest BCUT2D eigenvalue weighted by atomic mass is 16.3. The molecule has 0 aromatic heterocycles. The second kappa shape index (κ2) is 4.97. The SMILES string of the molecule is CNCCCC1CCCCC1(C)O. The number of nitrogens with one attached hydrogen (secondary N) is 1. The molecule has 0 heterocycles. The molecule has 2 heteroatoms. The first-order chi connectivity index (χ1) is 6.17. The zero-order valence-electron chi connectivity index (χ0n) is 8.97. The summed E-state index contributed by atoms with van der Waals surface area (Å²) in [5, 5.41) is 13.3. The number of rotatable bonds is 4. The fourth-order valence-corrected chi connectivity index (χ4v) is 2.37. The summed E-state index contributed by atoms with van der Waals surface area (Å²) in [5.41, 5.74) is -0.383. The van der Waals surface area contributed by atoms with E-state index in [4.69, 9.17) is 0 Å². The lowest BCUT2D eigenvalue weighted by atomic mass is 9.74. The summed E-state index contributed by atoms with van der Waals surface area (Å²) in [6, 6.07) is 0. The van der Waals surface area contributed by atoms with Crippen LogP contribution in [-0.4, -0.2) is 24.3 Å². The number of hydrogen-bond donors (Lipinski definition) is 2. The van der Waals surface area contributed by atoms with Crippen molar-refractivity contribution in [3.63, 3.8) is 0 Å². The lowest BCUT2D eigenvalue weighted by Crippen LogP contribution is -2.37. The van der Waals surface area contributed by atoms with Gasteiger partial charge in [-0.25, -0.2) is 0 Å². The van der Waals surface area contributed by atoms with E-state index < -0.39 is 0 Å². The molecule has 1 rings (SSSR count). The molecule has 0 amide bonds. The Morgan fingerprint density at radius 3 is 2.85 bits per heavy atom. The molecule has 1 fully saturated rings. The molecule has 2 nitrogen and oxygen atoms in total. The minimum atomic E-state index is -0.383. The van der Waals surface area contributed by atoms with E-state index in [9.17, 15) is 5.11 Å². The molecule has 2 N–H and O–H groups in total. The summed E-state index contributed by atoms with van der Waals surface area (Å²) in [7, 11) is 1.99. The van der Waals surface area contributed by atoms with Crippen LogP contribution in [0.4, 0.5) is 0 Å². The van der Waals surface area contributed by atoms with Gasteiger partial charge in [0.05, 0.1) is 5.60 Å². The van der Waals surface area contributed by atoms with Gasteiger partial charge >= 0.3 is 0 Å². The lowest BCUT2D eigenvalue weighted by Gasteiger charge is -2.37. The van der Waals surface area contributed by atoms with Crippen molar-refractivity contribution in [2.75, 3.05) is 13.6 Å². The molecule has 0 bridgehead atoms. The highest BCUT2D eigenvalue weighted by Gasteiger charge is 2.33. The van der Waals surface area contributed by atoms with Crippen LogP contribution >= 0.6 is 0 Å². The number of aliphatic hydroxyl groups is 1. The van der Waals surface area contributed by atoms with Crippen molar-refractivity contribution in [1.82, 2.24) is 5.32 Å². The molecular formula is C11H23NO. The summed E-state index contributed by atoms with van der Waals surface area (Å²) in [5.74, 6) is 0.537. The van der Waals surface area contributed by atoms with Crippen LogP contribution in [0.2, 0.25) is 0 Å². The highest BCUT2D eigenvalue weighted by Crippen LogP contribution is 2.35. The smallest absolute Gasteiger partial charge is 0.0647 e. The van der Waals surface area contributed by atoms with Crippen LogP contribution in [0.15, 0.2) is 0 Å². The number of hydrogen-bond acceptors (Lipinski definition) is 2. The lowest BCUT2D eigenvalue weighted by molar-refractivity contribution is -0.0354. The van der Waals surface area contributed by atoms with E-state index >= 15 is 0 Å². The van der Waals surface area contributed by atoms with Gasteiger partial charge in [0.15, 0.2) is 0 Å². The monoisotopic (exact) mass is 185 g/mol. The quantitative estimate of drug-likeness (QED) is 0.656. The van der Waals surface area contributed by atoms with Gasteiger partial charge in [0, 0.05) is 0 Å². The van der Waals surface area contributed by atoms with Crippen molar-refractivity contribution in [1.29, 1.82) is 0 Å². The van der Waals surface area contributed by atoms with Crippen molar-refractivity contribution in [2.45, 2.75) is 51.0 Å². The third-order valence-electron chi connectivity index (χ3n) is 3.34. The molecule has 0 aromatic carbocycles. The van der Waals surface area contributed by atoms with E-state index in [0.717, 1.165) is 13.0 Å². The topological polar surface area (TPSA) is 32.3 Å². The van der Waals surface area contributed by atoms with Crippen molar-refractivity contribution < 1.29 is 5.11 Å². The third kappa shape index (κ3) is 3.28. The first kappa shape index (κ1) is 11.0. The van der Waals surface area contributed by atoms with Crippen molar-refractivity contribution in [3.05, 3.63) is 0 Å². The summed E-state index contributed by atoms with van der Waals surface area (Å²) in [6.45, 7) is 3.09. The molecule has 0 radical (unpaired) electrons. The fraction of sp³-hybridized carbons (Fsp3) is 1.00.